The van der Waals surface area contributed by atoms with E-state index in [4.69, 9.17) is 0 Å². The van der Waals surface area contributed by atoms with Gasteiger partial charge in [0, 0.05) is 17.7 Å². The highest BCUT2D eigenvalue weighted by Crippen LogP contribution is 2.36. The van der Waals surface area contributed by atoms with Crippen LogP contribution in [0.1, 0.15) is 33.6 Å². The molecule has 2 rings (SSSR count). The molecule has 2 aliphatic rings. The Hall–Kier alpha value is -0.750. The quantitative estimate of drug-likeness (QED) is 0.824. The fourth-order valence-corrected chi connectivity index (χ4v) is 4.56. The summed E-state index contributed by atoms with van der Waals surface area (Å²) in [5.41, 5.74) is 0. The second-order valence-corrected chi connectivity index (χ2v) is 7.29. The fraction of sp³-hybridized carbons (Fsp3) is 0.857. The van der Waals surface area contributed by atoms with Crippen molar-refractivity contribution in [1.82, 2.24) is 10.2 Å². The van der Waals surface area contributed by atoms with Crippen molar-refractivity contribution in [2.24, 2.45) is 11.8 Å². The molecule has 0 saturated carbocycles. The van der Waals surface area contributed by atoms with Crippen LogP contribution in [0.5, 0.6) is 0 Å². The van der Waals surface area contributed by atoms with Gasteiger partial charge in [0.1, 0.15) is 6.04 Å². The van der Waals surface area contributed by atoms with Crippen LogP contribution in [0.15, 0.2) is 0 Å². The Morgan fingerprint density at radius 2 is 2.10 bits per heavy atom. The molecule has 2 saturated heterocycles. The van der Waals surface area contributed by atoms with E-state index in [0.717, 1.165) is 19.4 Å². The number of piperidine rings is 1. The summed E-state index contributed by atoms with van der Waals surface area (Å²) in [5.74, 6) is -0.101. The molecule has 0 bridgehead atoms. The highest BCUT2D eigenvalue weighted by Gasteiger charge is 2.45. The lowest BCUT2D eigenvalue weighted by molar-refractivity contribution is -0.152. The monoisotopic (exact) mass is 300 g/mol. The van der Waals surface area contributed by atoms with Crippen LogP contribution in [0.25, 0.3) is 0 Å². The van der Waals surface area contributed by atoms with Crippen LogP contribution in [0.2, 0.25) is 0 Å². The lowest BCUT2D eigenvalue weighted by atomic mass is 9.91. The van der Waals surface area contributed by atoms with Gasteiger partial charge in [-0.3, -0.25) is 4.79 Å². The van der Waals surface area contributed by atoms with Gasteiger partial charge in [0.15, 0.2) is 0 Å². The number of rotatable bonds is 3. The van der Waals surface area contributed by atoms with Crippen molar-refractivity contribution in [2.45, 2.75) is 51.1 Å². The zero-order valence-corrected chi connectivity index (χ0v) is 13.2. The summed E-state index contributed by atoms with van der Waals surface area (Å²) in [6.07, 6.45) is 1.61. The van der Waals surface area contributed by atoms with Crippen LogP contribution < -0.4 is 5.32 Å². The van der Waals surface area contributed by atoms with Crippen molar-refractivity contribution < 1.29 is 14.7 Å². The zero-order valence-electron chi connectivity index (χ0n) is 12.3. The molecule has 20 heavy (non-hydrogen) atoms. The normalized spacial score (nSPS) is 34.5. The van der Waals surface area contributed by atoms with Gasteiger partial charge in [-0.1, -0.05) is 13.8 Å². The summed E-state index contributed by atoms with van der Waals surface area (Å²) >= 11 is 1.60. The summed E-state index contributed by atoms with van der Waals surface area (Å²) in [7, 11) is 0. The van der Waals surface area contributed by atoms with Crippen molar-refractivity contribution in [3.63, 3.8) is 0 Å². The molecule has 2 aliphatic heterocycles. The molecule has 2 heterocycles. The van der Waals surface area contributed by atoms with E-state index in [-0.39, 0.29) is 23.1 Å². The van der Waals surface area contributed by atoms with Crippen molar-refractivity contribution >= 4 is 23.6 Å². The number of amides is 1. The fourth-order valence-electron chi connectivity index (χ4n) is 3.08. The average molecular weight is 300 g/mol. The molecule has 0 aromatic rings. The first-order valence-electron chi connectivity index (χ1n) is 7.31. The Labute approximate surface area is 124 Å². The minimum Gasteiger partial charge on any atom is -0.480 e. The van der Waals surface area contributed by atoms with Gasteiger partial charge in [-0.2, -0.15) is 0 Å². The predicted octanol–water partition coefficient (Wildman–Crippen LogP) is 1.39. The Balaban J connectivity index is 2.16. The van der Waals surface area contributed by atoms with Crippen LogP contribution in [0.4, 0.5) is 0 Å². The van der Waals surface area contributed by atoms with Gasteiger partial charge < -0.3 is 15.3 Å². The molecule has 4 unspecified atom stereocenters. The van der Waals surface area contributed by atoms with Crippen LogP contribution in [0.3, 0.4) is 0 Å². The highest BCUT2D eigenvalue weighted by molar-refractivity contribution is 8.00. The number of aliphatic carboxylic acids is 1. The lowest BCUT2D eigenvalue weighted by Crippen LogP contribution is -2.51. The molecule has 4 atom stereocenters. The standard InChI is InChI=1S/C14H24N2O3S/c1-8(2)13-16(11(7-20-13)14(18)19)12(17)10-4-5-15-9(3)6-10/h8-11,13,15H,4-7H2,1-3H3,(H,18,19). The number of hydrogen-bond donors (Lipinski definition) is 2. The van der Waals surface area contributed by atoms with Crippen molar-refractivity contribution in [2.75, 3.05) is 12.3 Å². The van der Waals surface area contributed by atoms with E-state index in [2.05, 4.69) is 12.2 Å². The highest BCUT2D eigenvalue weighted by atomic mass is 32.2. The molecule has 0 aromatic carbocycles. The molecular weight excluding hydrogens is 276 g/mol. The van der Waals surface area contributed by atoms with E-state index in [1.807, 2.05) is 13.8 Å². The molecule has 6 heteroatoms. The third-order valence-electron chi connectivity index (χ3n) is 4.12. The molecule has 2 N–H and O–H groups in total. The van der Waals surface area contributed by atoms with Crippen molar-refractivity contribution in [3.8, 4) is 0 Å². The smallest absolute Gasteiger partial charge is 0.327 e. The maximum absolute atomic E-state index is 12.8. The molecule has 0 aromatic heterocycles. The number of carbonyl (C=O) groups excluding carboxylic acids is 1. The second kappa shape index (κ2) is 6.35. The van der Waals surface area contributed by atoms with Crippen LogP contribution in [0, 0.1) is 11.8 Å². The van der Waals surface area contributed by atoms with Crippen LogP contribution in [-0.4, -0.2) is 51.6 Å². The van der Waals surface area contributed by atoms with E-state index in [0.29, 0.717) is 11.8 Å². The Morgan fingerprint density at radius 3 is 2.65 bits per heavy atom. The van der Waals surface area contributed by atoms with Crippen molar-refractivity contribution in [1.29, 1.82) is 0 Å². The van der Waals surface area contributed by atoms with Crippen molar-refractivity contribution in [3.05, 3.63) is 0 Å². The number of carboxylic acid groups (broad SMARTS) is 1. The predicted molar refractivity (Wildman–Crippen MR) is 79.5 cm³/mol. The minimum absolute atomic E-state index is 0.00575. The van der Waals surface area contributed by atoms with Gasteiger partial charge in [0.25, 0.3) is 0 Å². The van der Waals surface area contributed by atoms with Gasteiger partial charge in [0.2, 0.25) is 5.91 Å². The summed E-state index contributed by atoms with van der Waals surface area (Å²) in [6, 6.07) is -0.334. The summed E-state index contributed by atoms with van der Waals surface area (Å²) in [6.45, 7) is 7.01. The second-order valence-electron chi connectivity index (χ2n) is 6.14. The summed E-state index contributed by atoms with van der Waals surface area (Å²) in [5, 5.41) is 12.7. The molecule has 114 valence electrons. The third kappa shape index (κ3) is 3.11. The zero-order chi connectivity index (χ0) is 14.9. The molecule has 1 amide bonds. The van der Waals surface area contributed by atoms with E-state index in [1.54, 1.807) is 16.7 Å². The van der Waals surface area contributed by atoms with E-state index >= 15 is 0 Å². The van der Waals surface area contributed by atoms with E-state index < -0.39 is 12.0 Å². The number of hydrogen-bond acceptors (Lipinski definition) is 4. The molecule has 5 nitrogen and oxygen atoms in total. The Kier molecular flexibility index (Phi) is 4.96. The maximum Gasteiger partial charge on any atom is 0.327 e. The molecule has 0 spiro atoms. The number of carbonyl (C=O) groups is 2. The van der Waals surface area contributed by atoms with Gasteiger partial charge in [0.05, 0.1) is 5.37 Å². The molecule has 0 aliphatic carbocycles. The number of nitrogens with zero attached hydrogens (tertiary/aromatic N) is 1. The lowest BCUT2D eigenvalue weighted by Gasteiger charge is -2.35. The molecule has 0 radical (unpaired) electrons. The topological polar surface area (TPSA) is 69.6 Å². The third-order valence-corrected chi connectivity index (χ3v) is 5.74. The average Bonchev–Trinajstić information content (AvgIpc) is 2.82. The number of carboxylic acids is 1. The maximum atomic E-state index is 12.8. The van der Waals surface area contributed by atoms with Crippen LogP contribution in [-0.2, 0) is 9.59 Å². The van der Waals surface area contributed by atoms with Gasteiger partial charge >= 0.3 is 5.97 Å². The molecule has 2 fully saturated rings. The first-order chi connectivity index (χ1) is 9.41. The van der Waals surface area contributed by atoms with Gasteiger partial charge in [-0.25, -0.2) is 4.79 Å². The number of thioether (sulfide) groups is 1. The summed E-state index contributed by atoms with van der Waals surface area (Å²) in [4.78, 5) is 25.9. The largest absolute Gasteiger partial charge is 0.480 e. The minimum atomic E-state index is -0.879. The SMILES string of the molecule is CC1CC(C(=O)N2C(C(=O)O)CSC2C(C)C)CCN1. The van der Waals surface area contributed by atoms with E-state index in [1.165, 1.54) is 0 Å². The Morgan fingerprint density at radius 1 is 1.40 bits per heavy atom. The summed E-state index contributed by atoms with van der Waals surface area (Å²) < 4.78 is 0. The van der Waals surface area contributed by atoms with E-state index in [9.17, 15) is 14.7 Å². The molecular formula is C14H24N2O3S. The van der Waals surface area contributed by atoms with Crippen LogP contribution >= 0.6 is 11.8 Å². The Bertz CT molecular complexity index is 389. The van der Waals surface area contributed by atoms with Gasteiger partial charge in [-0.15, -0.1) is 11.8 Å². The number of nitrogens with one attached hydrogen (secondary N) is 1. The first-order valence-corrected chi connectivity index (χ1v) is 8.36. The van der Waals surface area contributed by atoms with Gasteiger partial charge in [-0.05, 0) is 32.2 Å². The first kappa shape index (κ1) is 15.6.